The van der Waals surface area contributed by atoms with Gasteiger partial charge in [0.15, 0.2) is 0 Å². The van der Waals surface area contributed by atoms with E-state index in [1.807, 2.05) is 62.3 Å². The molecular formula is C42H67O14P. The third-order valence-electron chi connectivity index (χ3n) is 7.30. The molecule has 0 spiro atoms. The first kappa shape index (κ1) is 53.4. The van der Waals surface area contributed by atoms with Crippen molar-refractivity contribution in [1.29, 1.82) is 0 Å². The molecule has 0 saturated heterocycles. The maximum Gasteiger partial charge on any atom is 0.338 e. The van der Waals surface area contributed by atoms with Gasteiger partial charge in [-0.2, -0.15) is 0 Å². The lowest BCUT2D eigenvalue weighted by atomic mass is 9.96. The molecule has 1 unspecified atom stereocenters. The smallest absolute Gasteiger partial charge is 0.338 e. The molecule has 0 aliphatic heterocycles. The summed E-state index contributed by atoms with van der Waals surface area (Å²) in [6.45, 7) is 23.4. The summed E-state index contributed by atoms with van der Waals surface area (Å²) in [7, 11) is 1.39. The fourth-order valence-electron chi connectivity index (χ4n) is 4.44. The zero-order chi connectivity index (χ0) is 43.9. The van der Waals surface area contributed by atoms with Crippen molar-refractivity contribution >= 4 is 31.5 Å². The molecule has 0 bridgehead atoms. The maximum absolute atomic E-state index is 12.3. The lowest BCUT2D eigenvalue weighted by Crippen LogP contribution is -2.27. The number of esters is 4. The highest BCUT2D eigenvalue weighted by atomic mass is 31.2. The first-order valence-corrected chi connectivity index (χ1v) is 20.7. The van der Waals surface area contributed by atoms with E-state index >= 15 is 0 Å². The summed E-state index contributed by atoms with van der Waals surface area (Å²) in [6.07, 6.45) is 0.398. The van der Waals surface area contributed by atoms with E-state index in [4.69, 9.17) is 37.5 Å². The Balaban J connectivity index is 0.00000103. The number of hydrogen-bond donors (Lipinski definition) is 0. The number of methoxy groups -OCH3 is 3. The number of carbonyl (C=O) groups excluding carboxylic acids is 4. The van der Waals surface area contributed by atoms with Gasteiger partial charge in [0.05, 0.1) is 81.7 Å². The fourth-order valence-corrected chi connectivity index (χ4v) is 5.57. The van der Waals surface area contributed by atoms with Crippen molar-refractivity contribution in [2.24, 2.45) is 16.2 Å². The van der Waals surface area contributed by atoms with E-state index in [1.165, 1.54) is 62.3 Å². The summed E-state index contributed by atoms with van der Waals surface area (Å²) >= 11 is 0. The molecule has 0 saturated carbocycles. The molecule has 0 radical (unpaired) electrons. The van der Waals surface area contributed by atoms with E-state index in [-0.39, 0.29) is 43.9 Å². The Morgan fingerprint density at radius 2 is 0.842 bits per heavy atom. The lowest BCUT2D eigenvalue weighted by Gasteiger charge is -2.25. The van der Waals surface area contributed by atoms with Gasteiger partial charge in [0.25, 0.3) is 0 Å². The van der Waals surface area contributed by atoms with Crippen molar-refractivity contribution < 1.29 is 65.9 Å². The molecule has 2 aromatic carbocycles. The normalized spacial score (nSPS) is 12.5. The highest BCUT2D eigenvalue weighted by Crippen LogP contribution is 2.45. The van der Waals surface area contributed by atoms with Gasteiger partial charge in [-0.1, -0.05) is 41.5 Å². The van der Waals surface area contributed by atoms with Gasteiger partial charge in [-0.25, -0.2) is 19.2 Å². The first-order chi connectivity index (χ1) is 26.5. The van der Waals surface area contributed by atoms with Crippen LogP contribution in [0.2, 0.25) is 0 Å². The highest BCUT2D eigenvalue weighted by molar-refractivity contribution is 7.52. The third kappa shape index (κ3) is 24.0. The van der Waals surface area contributed by atoms with Crippen molar-refractivity contribution in [2.45, 2.75) is 75.3 Å². The lowest BCUT2D eigenvalue weighted by molar-refractivity contribution is 0.0131. The van der Waals surface area contributed by atoms with Gasteiger partial charge in [-0.05, 0) is 76.2 Å². The Bertz CT molecular complexity index is 1530. The molecular weight excluding hydrogens is 759 g/mol. The predicted octanol–water partition coefficient (Wildman–Crippen LogP) is 8.31. The highest BCUT2D eigenvalue weighted by Gasteiger charge is 2.27. The summed E-state index contributed by atoms with van der Waals surface area (Å²) in [4.78, 5) is 47.7. The summed E-state index contributed by atoms with van der Waals surface area (Å²) in [5.41, 5.74) is 0.345. The van der Waals surface area contributed by atoms with Crippen molar-refractivity contribution in [2.75, 3.05) is 80.8 Å². The average Bonchev–Trinajstić information content (AvgIpc) is 3.14. The van der Waals surface area contributed by atoms with Gasteiger partial charge in [-0.3, -0.25) is 4.57 Å². The number of hydrogen-bond acceptors (Lipinski definition) is 14. The van der Waals surface area contributed by atoms with Crippen molar-refractivity contribution in [3.63, 3.8) is 0 Å². The van der Waals surface area contributed by atoms with Crippen LogP contribution in [0.3, 0.4) is 0 Å². The van der Waals surface area contributed by atoms with Crippen LogP contribution in [0, 0.1) is 16.2 Å². The van der Waals surface area contributed by atoms with E-state index in [0.29, 0.717) is 41.6 Å². The third-order valence-corrected chi connectivity index (χ3v) is 8.63. The second-order valence-electron chi connectivity index (χ2n) is 15.7. The molecule has 0 N–H and O–H groups in total. The molecule has 57 heavy (non-hydrogen) atoms. The molecule has 2 aromatic rings. The second-order valence-corrected chi connectivity index (χ2v) is 17.8. The van der Waals surface area contributed by atoms with Crippen molar-refractivity contribution in [3.8, 4) is 0 Å². The van der Waals surface area contributed by atoms with Crippen LogP contribution in [0.1, 0.15) is 111 Å². The van der Waals surface area contributed by atoms with Gasteiger partial charge in [0.2, 0.25) is 0 Å². The van der Waals surface area contributed by atoms with E-state index in [1.54, 1.807) is 21.1 Å². The molecule has 0 amide bonds. The Hall–Kier alpha value is -3.65. The van der Waals surface area contributed by atoms with Gasteiger partial charge in [0, 0.05) is 43.7 Å². The number of ether oxygens (including phenoxy) is 7. The molecule has 0 fully saturated rings. The maximum atomic E-state index is 12.3. The summed E-state index contributed by atoms with van der Waals surface area (Å²) in [5.74, 6) is -1.86. The van der Waals surface area contributed by atoms with E-state index in [9.17, 15) is 23.7 Å². The molecule has 324 valence electrons. The van der Waals surface area contributed by atoms with Crippen LogP contribution in [0.25, 0.3) is 0 Å². The standard InChI is InChI=1S/C22H35O8P.C15H20O5.C5H12O/c1-8-29-31(7,25)30-16-22(4,5)15-28-20(24)18-11-9-17(10-12-18)19(23)27-14-21(2,3)13-26-6;1-15(2,9-18-3)10-20-14(17)12-7-5-11(6-8-12)13(16)19-4;1-4-6-5(2)3/h9-12H,8,13-16H2,1-7H3;5-8H,9-10H2,1-4H3;5H,4H2,1-3H3. The van der Waals surface area contributed by atoms with Gasteiger partial charge in [-0.15, -0.1) is 0 Å². The zero-order valence-corrected chi connectivity index (χ0v) is 37.4. The Morgan fingerprint density at radius 3 is 1.09 bits per heavy atom. The van der Waals surface area contributed by atoms with Crippen LogP contribution in [-0.4, -0.2) is 111 Å². The quantitative estimate of drug-likeness (QED) is 0.0669. The van der Waals surface area contributed by atoms with E-state index in [0.717, 1.165) is 6.61 Å². The first-order valence-electron chi connectivity index (χ1n) is 18.7. The minimum Gasteiger partial charge on any atom is -0.465 e. The van der Waals surface area contributed by atoms with Crippen molar-refractivity contribution in [3.05, 3.63) is 70.8 Å². The molecule has 0 aliphatic carbocycles. The van der Waals surface area contributed by atoms with Crippen LogP contribution >= 0.6 is 7.60 Å². The minimum absolute atomic E-state index is 0.0658. The zero-order valence-electron chi connectivity index (χ0n) is 36.5. The molecule has 14 nitrogen and oxygen atoms in total. The monoisotopic (exact) mass is 826 g/mol. The topological polar surface area (TPSA) is 168 Å². The second kappa shape index (κ2) is 26.4. The van der Waals surface area contributed by atoms with Gasteiger partial charge >= 0.3 is 31.5 Å². The van der Waals surface area contributed by atoms with Crippen LogP contribution < -0.4 is 0 Å². The van der Waals surface area contributed by atoms with Crippen molar-refractivity contribution in [1.82, 2.24) is 0 Å². The molecule has 1 atom stereocenters. The SMILES string of the molecule is CCOC(C)C.CCOP(C)(=O)OCC(C)(C)COC(=O)c1ccc(C(=O)OCC(C)(C)COC)cc1.COCC(C)(C)COC(=O)c1ccc(C(=O)OC)cc1. The predicted molar refractivity (Wildman–Crippen MR) is 218 cm³/mol. The molecule has 0 heterocycles. The molecule has 0 aliphatic rings. The molecule has 0 aromatic heterocycles. The summed E-state index contributed by atoms with van der Waals surface area (Å²) < 4.78 is 58.2. The fraction of sp³-hybridized carbons (Fsp3) is 0.619. The Labute approximate surface area is 340 Å². The Morgan fingerprint density at radius 1 is 0.526 bits per heavy atom. The number of benzene rings is 2. The van der Waals surface area contributed by atoms with Crippen LogP contribution in [-0.2, 0) is 46.8 Å². The van der Waals surface area contributed by atoms with Gasteiger partial charge < -0.3 is 42.2 Å². The largest absolute Gasteiger partial charge is 0.465 e. The van der Waals surface area contributed by atoms with Crippen LogP contribution in [0.4, 0.5) is 0 Å². The van der Waals surface area contributed by atoms with E-state index in [2.05, 4.69) is 4.74 Å². The summed E-state index contributed by atoms with van der Waals surface area (Å²) in [5, 5.41) is 0. The average molecular weight is 827 g/mol. The van der Waals surface area contributed by atoms with Crippen LogP contribution in [0.15, 0.2) is 48.5 Å². The van der Waals surface area contributed by atoms with Gasteiger partial charge in [0.1, 0.15) is 0 Å². The Kier molecular flexibility index (Phi) is 24.7. The molecule has 2 rings (SSSR count). The minimum atomic E-state index is -3.12. The van der Waals surface area contributed by atoms with E-state index < -0.39 is 36.9 Å². The number of carbonyl (C=O) groups is 4. The van der Waals surface area contributed by atoms with Crippen LogP contribution in [0.5, 0.6) is 0 Å². The number of rotatable bonds is 21. The summed E-state index contributed by atoms with van der Waals surface area (Å²) in [6, 6.07) is 12.2. The molecule has 15 heteroatoms.